The van der Waals surface area contributed by atoms with Crippen molar-refractivity contribution in [3.05, 3.63) is 41.5 Å². The van der Waals surface area contributed by atoms with Gasteiger partial charge in [0.05, 0.1) is 24.3 Å². The summed E-state index contributed by atoms with van der Waals surface area (Å²) in [5.74, 6) is 1.03. The summed E-state index contributed by atoms with van der Waals surface area (Å²) in [5.41, 5.74) is 4.13. The van der Waals surface area contributed by atoms with E-state index in [0.29, 0.717) is 0 Å². The van der Waals surface area contributed by atoms with Gasteiger partial charge in [0.1, 0.15) is 12.2 Å². The fraction of sp³-hybridized carbons (Fsp3) is 0.467. The molecular weight excluding hydrogens is 238 g/mol. The fourth-order valence-electron chi connectivity index (χ4n) is 3.16. The number of benzene rings is 1. The van der Waals surface area contributed by atoms with Crippen LogP contribution < -0.4 is 0 Å². The van der Waals surface area contributed by atoms with Gasteiger partial charge in [-0.1, -0.05) is 12.1 Å². The summed E-state index contributed by atoms with van der Waals surface area (Å²) in [6.07, 6.45) is 5.25. The van der Waals surface area contributed by atoms with Crippen molar-refractivity contribution in [1.82, 2.24) is 14.8 Å². The Labute approximate surface area is 112 Å². The van der Waals surface area contributed by atoms with E-state index in [0.717, 1.165) is 25.5 Å². The van der Waals surface area contributed by atoms with Crippen LogP contribution in [-0.4, -0.2) is 28.0 Å². The van der Waals surface area contributed by atoms with Crippen LogP contribution in [0.4, 0.5) is 0 Å². The quantitative estimate of drug-likeness (QED) is 0.824. The van der Waals surface area contributed by atoms with Crippen LogP contribution in [0.15, 0.2) is 24.5 Å². The van der Waals surface area contributed by atoms with Gasteiger partial charge in [-0.3, -0.25) is 0 Å². The highest BCUT2D eigenvalue weighted by molar-refractivity contribution is 5.48. The third-order valence-corrected chi connectivity index (χ3v) is 4.28. The van der Waals surface area contributed by atoms with Crippen molar-refractivity contribution in [1.29, 1.82) is 0 Å². The Morgan fingerprint density at radius 1 is 1.26 bits per heavy atom. The molecule has 0 amide bonds. The van der Waals surface area contributed by atoms with Gasteiger partial charge < -0.3 is 4.74 Å². The Hall–Kier alpha value is -1.68. The zero-order valence-corrected chi connectivity index (χ0v) is 11.1. The number of hydrogen-bond donors (Lipinski definition) is 0. The molecule has 0 atom stereocenters. The lowest BCUT2D eigenvalue weighted by molar-refractivity contribution is -0.0553. The van der Waals surface area contributed by atoms with Crippen molar-refractivity contribution in [3.63, 3.8) is 0 Å². The Morgan fingerprint density at radius 2 is 2.16 bits per heavy atom. The van der Waals surface area contributed by atoms with E-state index in [2.05, 4.69) is 35.2 Å². The number of aryl methyl sites for hydroxylation is 1. The molecule has 98 valence electrons. The van der Waals surface area contributed by atoms with Crippen molar-refractivity contribution in [2.24, 2.45) is 0 Å². The Kier molecular flexibility index (Phi) is 2.30. The van der Waals surface area contributed by atoms with E-state index in [1.54, 1.807) is 6.33 Å². The highest BCUT2D eigenvalue weighted by Crippen LogP contribution is 2.33. The summed E-state index contributed by atoms with van der Waals surface area (Å²) in [5, 5.41) is 4.46. The van der Waals surface area contributed by atoms with E-state index >= 15 is 0 Å². The lowest BCUT2D eigenvalue weighted by atomic mass is 9.87. The molecule has 2 heterocycles. The second-order valence-corrected chi connectivity index (χ2v) is 5.82. The molecule has 0 bridgehead atoms. The van der Waals surface area contributed by atoms with Crippen molar-refractivity contribution in [2.45, 2.75) is 31.6 Å². The molecule has 19 heavy (non-hydrogen) atoms. The zero-order valence-electron chi connectivity index (χ0n) is 11.1. The van der Waals surface area contributed by atoms with Gasteiger partial charge in [0.15, 0.2) is 0 Å². The molecule has 1 fully saturated rings. The average Bonchev–Trinajstić information content (AvgIpc) is 3.04. The van der Waals surface area contributed by atoms with Crippen LogP contribution in [0, 0.1) is 0 Å². The molecule has 4 rings (SSSR count). The van der Waals surface area contributed by atoms with E-state index in [9.17, 15) is 0 Å². The number of fused-ring (bicyclic) bond motifs is 1. The van der Waals surface area contributed by atoms with Gasteiger partial charge in [-0.05, 0) is 43.4 Å². The minimum atomic E-state index is 0.0117. The second kappa shape index (κ2) is 3.90. The van der Waals surface area contributed by atoms with Gasteiger partial charge in [0.2, 0.25) is 0 Å². The summed E-state index contributed by atoms with van der Waals surface area (Å²) >= 11 is 0. The average molecular weight is 255 g/mol. The number of aromatic nitrogens is 3. The highest BCUT2D eigenvalue weighted by Gasteiger charge is 2.40. The number of nitrogens with zero attached hydrogens (tertiary/aromatic N) is 3. The topological polar surface area (TPSA) is 39.9 Å². The second-order valence-electron chi connectivity index (χ2n) is 5.82. The normalized spacial score (nSPS) is 20.1. The maximum atomic E-state index is 5.36. The van der Waals surface area contributed by atoms with E-state index in [4.69, 9.17) is 4.74 Å². The molecule has 1 aliphatic carbocycles. The van der Waals surface area contributed by atoms with Crippen LogP contribution in [0.3, 0.4) is 0 Å². The van der Waals surface area contributed by atoms with Crippen molar-refractivity contribution >= 4 is 0 Å². The SMILES string of the molecule is CC1(c2ncnn2-c2cccc3c2CCC3)COC1. The first-order chi connectivity index (χ1) is 9.28. The largest absolute Gasteiger partial charge is 0.379 e. The first-order valence-electron chi connectivity index (χ1n) is 6.87. The maximum absolute atomic E-state index is 5.36. The first kappa shape index (κ1) is 11.2. The van der Waals surface area contributed by atoms with Gasteiger partial charge in [0.25, 0.3) is 0 Å². The lowest BCUT2D eigenvalue weighted by Gasteiger charge is -2.37. The fourth-order valence-corrected chi connectivity index (χ4v) is 3.16. The van der Waals surface area contributed by atoms with Crippen molar-refractivity contribution in [2.75, 3.05) is 13.2 Å². The molecule has 1 aliphatic heterocycles. The smallest absolute Gasteiger partial charge is 0.142 e. The monoisotopic (exact) mass is 255 g/mol. The van der Waals surface area contributed by atoms with Crippen molar-refractivity contribution in [3.8, 4) is 5.69 Å². The van der Waals surface area contributed by atoms with Crippen molar-refractivity contribution < 1.29 is 4.74 Å². The molecule has 4 heteroatoms. The van der Waals surface area contributed by atoms with Gasteiger partial charge in [0, 0.05) is 0 Å². The summed E-state index contributed by atoms with van der Waals surface area (Å²) in [6.45, 7) is 3.67. The summed E-state index contributed by atoms with van der Waals surface area (Å²) in [6, 6.07) is 6.52. The van der Waals surface area contributed by atoms with Crippen LogP contribution in [0.5, 0.6) is 0 Å². The van der Waals surface area contributed by atoms with Crippen LogP contribution in [-0.2, 0) is 23.0 Å². The predicted molar refractivity (Wildman–Crippen MR) is 71.6 cm³/mol. The van der Waals surface area contributed by atoms with E-state index in [1.807, 2.05) is 4.68 Å². The van der Waals surface area contributed by atoms with Gasteiger partial charge in [-0.2, -0.15) is 5.10 Å². The molecule has 1 aromatic heterocycles. The third-order valence-electron chi connectivity index (χ3n) is 4.28. The lowest BCUT2D eigenvalue weighted by Crippen LogP contribution is -2.46. The molecule has 0 saturated carbocycles. The molecule has 0 N–H and O–H groups in total. The molecule has 1 aromatic carbocycles. The number of hydrogen-bond acceptors (Lipinski definition) is 3. The molecule has 0 unspecified atom stereocenters. The third kappa shape index (κ3) is 1.56. The van der Waals surface area contributed by atoms with E-state index in [-0.39, 0.29) is 5.41 Å². The molecule has 2 aliphatic rings. The van der Waals surface area contributed by atoms with Gasteiger partial charge >= 0.3 is 0 Å². The summed E-state index contributed by atoms with van der Waals surface area (Å²) in [4.78, 5) is 4.48. The number of rotatable bonds is 2. The molecule has 2 aromatic rings. The van der Waals surface area contributed by atoms with Crippen LogP contribution >= 0.6 is 0 Å². The molecule has 0 spiro atoms. The maximum Gasteiger partial charge on any atom is 0.142 e. The Balaban J connectivity index is 1.86. The molecule has 0 radical (unpaired) electrons. The Morgan fingerprint density at radius 3 is 2.95 bits per heavy atom. The van der Waals surface area contributed by atoms with Gasteiger partial charge in [-0.15, -0.1) is 0 Å². The molecular formula is C15H17N3O. The first-order valence-corrected chi connectivity index (χ1v) is 6.87. The predicted octanol–water partition coefficient (Wildman–Crippen LogP) is 2.04. The summed E-state index contributed by atoms with van der Waals surface area (Å²) in [7, 11) is 0. The minimum absolute atomic E-state index is 0.0117. The van der Waals surface area contributed by atoms with E-state index < -0.39 is 0 Å². The van der Waals surface area contributed by atoms with Crippen LogP contribution in [0.25, 0.3) is 5.69 Å². The molecule has 1 saturated heterocycles. The van der Waals surface area contributed by atoms with E-state index in [1.165, 1.54) is 29.7 Å². The number of ether oxygens (including phenoxy) is 1. The van der Waals surface area contributed by atoms with Crippen LogP contribution in [0.1, 0.15) is 30.3 Å². The zero-order chi connectivity index (χ0) is 12.9. The minimum Gasteiger partial charge on any atom is -0.379 e. The standard InChI is InChI=1S/C15H17N3O/c1-15(8-19-9-15)14-16-10-17-18(14)13-7-3-5-11-4-2-6-12(11)13/h3,5,7,10H,2,4,6,8-9H2,1H3. The van der Waals surface area contributed by atoms with Crippen LogP contribution in [0.2, 0.25) is 0 Å². The Bertz CT molecular complexity index is 628. The summed E-state index contributed by atoms with van der Waals surface area (Å²) < 4.78 is 7.38. The molecule has 4 nitrogen and oxygen atoms in total. The van der Waals surface area contributed by atoms with Gasteiger partial charge in [-0.25, -0.2) is 9.67 Å². The highest BCUT2D eigenvalue weighted by atomic mass is 16.5.